The lowest BCUT2D eigenvalue weighted by Gasteiger charge is -2.23. The standard InChI is InChI=1S/C11H12N2O2/c1-2-9-7-10(14)13(12-8-9)11-5-3-4-6-15-11/h1,7-8,11H,3-6H2. The molecule has 1 aliphatic rings. The van der Waals surface area contributed by atoms with Crippen molar-refractivity contribution in [1.29, 1.82) is 0 Å². The predicted octanol–water partition coefficient (Wildman–Crippen LogP) is 0.924. The first-order valence-corrected chi connectivity index (χ1v) is 4.98. The van der Waals surface area contributed by atoms with Crippen molar-refractivity contribution in [1.82, 2.24) is 9.78 Å². The Labute approximate surface area is 87.9 Å². The van der Waals surface area contributed by atoms with Gasteiger partial charge in [-0.3, -0.25) is 4.79 Å². The zero-order valence-electron chi connectivity index (χ0n) is 8.35. The molecule has 2 rings (SSSR count). The topological polar surface area (TPSA) is 44.1 Å². The number of nitrogens with zero attached hydrogens (tertiary/aromatic N) is 2. The van der Waals surface area contributed by atoms with E-state index < -0.39 is 0 Å². The minimum absolute atomic E-state index is 0.197. The van der Waals surface area contributed by atoms with Crippen LogP contribution in [0.15, 0.2) is 17.1 Å². The molecule has 0 bridgehead atoms. The summed E-state index contributed by atoms with van der Waals surface area (Å²) in [4.78, 5) is 11.6. The van der Waals surface area contributed by atoms with Crippen LogP contribution >= 0.6 is 0 Å². The maximum absolute atomic E-state index is 11.6. The van der Waals surface area contributed by atoms with Crippen molar-refractivity contribution in [3.05, 3.63) is 28.2 Å². The number of hydrogen-bond donors (Lipinski definition) is 0. The van der Waals surface area contributed by atoms with Crippen LogP contribution in [0.2, 0.25) is 0 Å². The highest BCUT2D eigenvalue weighted by atomic mass is 16.5. The van der Waals surface area contributed by atoms with Crippen LogP contribution in [-0.4, -0.2) is 16.4 Å². The van der Waals surface area contributed by atoms with Crippen molar-refractivity contribution < 1.29 is 4.74 Å². The Kier molecular flexibility index (Phi) is 2.84. The molecule has 1 aromatic rings. The van der Waals surface area contributed by atoms with Crippen molar-refractivity contribution in [2.45, 2.75) is 25.5 Å². The van der Waals surface area contributed by atoms with Gasteiger partial charge >= 0.3 is 0 Å². The Morgan fingerprint density at radius 2 is 2.47 bits per heavy atom. The summed E-state index contributed by atoms with van der Waals surface area (Å²) in [5.74, 6) is 2.38. The van der Waals surface area contributed by atoms with Crippen molar-refractivity contribution in [3.63, 3.8) is 0 Å². The van der Waals surface area contributed by atoms with Crippen molar-refractivity contribution in [3.8, 4) is 12.3 Å². The van der Waals surface area contributed by atoms with E-state index in [9.17, 15) is 4.79 Å². The molecule has 1 aliphatic heterocycles. The fourth-order valence-corrected chi connectivity index (χ4v) is 1.63. The summed E-state index contributed by atoms with van der Waals surface area (Å²) in [5.41, 5.74) is 0.310. The molecule has 2 heterocycles. The summed E-state index contributed by atoms with van der Waals surface area (Å²) in [6.45, 7) is 0.690. The van der Waals surface area contributed by atoms with Crippen LogP contribution < -0.4 is 5.56 Å². The molecule has 1 fully saturated rings. The van der Waals surface area contributed by atoms with E-state index in [1.165, 1.54) is 16.9 Å². The molecular formula is C11H12N2O2. The van der Waals surface area contributed by atoms with E-state index in [1.54, 1.807) is 0 Å². The summed E-state index contributed by atoms with van der Waals surface area (Å²) in [5, 5.41) is 4.01. The normalized spacial score (nSPS) is 20.9. The molecule has 0 aromatic carbocycles. The molecule has 0 amide bonds. The van der Waals surface area contributed by atoms with Crippen molar-refractivity contribution >= 4 is 0 Å². The Hall–Kier alpha value is -1.60. The highest BCUT2D eigenvalue weighted by Gasteiger charge is 2.17. The molecule has 1 atom stereocenters. The van der Waals surface area contributed by atoms with E-state index >= 15 is 0 Å². The first kappa shape index (κ1) is 9.94. The van der Waals surface area contributed by atoms with Gasteiger partial charge in [-0.2, -0.15) is 5.10 Å². The number of aromatic nitrogens is 2. The molecule has 0 N–H and O–H groups in total. The second-order valence-corrected chi connectivity index (χ2v) is 3.49. The molecule has 1 saturated heterocycles. The zero-order chi connectivity index (χ0) is 10.7. The summed E-state index contributed by atoms with van der Waals surface area (Å²) in [6, 6.07) is 1.41. The van der Waals surface area contributed by atoms with Crippen molar-refractivity contribution in [2.24, 2.45) is 0 Å². The lowest BCUT2D eigenvalue weighted by Crippen LogP contribution is -2.30. The summed E-state index contributed by atoms with van der Waals surface area (Å²) < 4.78 is 6.83. The van der Waals surface area contributed by atoms with E-state index in [1.807, 2.05) is 0 Å². The van der Waals surface area contributed by atoms with Crippen molar-refractivity contribution in [2.75, 3.05) is 6.61 Å². The molecule has 4 nitrogen and oxygen atoms in total. The van der Waals surface area contributed by atoms with E-state index in [-0.39, 0.29) is 11.8 Å². The summed E-state index contributed by atoms with van der Waals surface area (Å²) in [6.07, 6.45) is 9.42. The third-order valence-corrected chi connectivity index (χ3v) is 2.42. The van der Waals surface area contributed by atoms with Gasteiger partial charge in [0.2, 0.25) is 0 Å². The molecule has 0 spiro atoms. The number of ether oxygens (including phenoxy) is 1. The van der Waals surface area contributed by atoms with Gasteiger partial charge in [0.15, 0.2) is 6.23 Å². The Balaban J connectivity index is 2.29. The van der Waals surface area contributed by atoms with Crippen LogP contribution in [0, 0.1) is 12.3 Å². The quantitative estimate of drug-likeness (QED) is 0.639. The minimum atomic E-state index is -0.224. The van der Waals surface area contributed by atoms with Gasteiger partial charge in [-0.1, -0.05) is 5.92 Å². The average Bonchev–Trinajstić information content (AvgIpc) is 2.30. The largest absolute Gasteiger partial charge is 0.356 e. The molecule has 0 radical (unpaired) electrons. The lowest BCUT2D eigenvalue weighted by molar-refractivity contribution is -0.0424. The summed E-state index contributed by atoms with van der Waals surface area (Å²) >= 11 is 0. The van der Waals surface area contributed by atoms with Crippen LogP contribution in [0.1, 0.15) is 31.1 Å². The number of rotatable bonds is 1. The fraction of sp³-hybridized carbons (Fsp3) is 0.455. The van der Waals surface area contributed by atoms with Gasteiger partial charge in [0.1, 0.15) is 0 Å². The summed E-state index contributed by atoms with van der Waals surface area (Å²) in [7, 11) is 0. The van der Waals surface area contributed by atoms with E-state index in [2.05, 4.69) is 11.0 Å². The first-order chi connectivity index (χ1) is 7.31. The van der Waals surface area contributed by atoms with Gasteiger partial charge in [0, 0.05) is 18.2 Å². The Morgan fingerprint density at radius 3 is 3.07 bits per heavy atom. The Bertz CT molecular complexity index is 439. The molecule has 4 heteroatoms. The van der Waals surface area contributed by atoms with E-state index in [0.717, 1.165) is 19.3 Å². The predicted molar refractivity (Wildman–Crippen MR) is 55.3 cm³/mol. The molecule has 15 heavy (non-hydrogen) atoms. The third-order valence-electron chi connectivity index (χ3n) is 2.42. The monoisotopic (exact) mass is 204 g/mol. The second kappa shape index (κ2) is 4.28. The molecule has 1 aromatic heterocycles. The van der Waals surface area contributed by atoms with E-state index in [0.29, 0.717) is 12.2 Å². The van der Waals surface area contributed by atoms with Crippen LogP contribution in [-0.2, 0) is 4.74 Å². The third kappa shape index (κ3) is 2.08. The van der Waals surface area contributed by atoms with Gasteiger partial charge in [0.05, 0.1) is 6.20 Å². The molecule has 78 valence electrons. The van der Waals surface area contributed by atoms with Crippen LogP contribution in [0.3, 0.4) is 0 Å². The number of terminal acetylenes is 1. The Morgan fingerprint density at radius 1 is 1.60 bits per heavy atom. The van der Waals surface area contributed by atoms with Crippen LogP contribution in [0.25, 0.3) is 0 Å². The highest BCUT2D eigenvalue weighted by Crippen LogP contribution is 2.19. The van der Waals surface area contributed by atoms with Crippen LogP contribution in [0.5, 0.6) is 0 Å². The van der Waals surface area contributed by atoms with Gasteiger partial charge in [-0.25, -0.2) is 4.68 Å². The second-order valence-electron chi connectivity index (χ2n) is 3.49. The molecule has 0 saturated carbocycles. The smallest absolute Gasteiger partial charge is 0.270 e. The average molecular weight is 204 g/mol. The van der Waals surface area contributed by atoms with Gasteiger partial charge in [-0.05, 0) is 19.3 Å². The maximum atomic E-state index is 11.6. The first-order valence-electron chi connectivity index (χ1n) is 4.98. The van der Waals surface area contributed by atoms with Gasteiger partial charge in [-0.15, -0.1) is 6.42 Å². The minimum Gasteiger partial charge on any atom is -0.356 e. The zero-order valence-corrected chi connectivity index (χ0v) is 8.35. The molecule has 1 unspecified atom stereocenters. The fourth-order valence-electron chi connectivity index (χ4n) is 1.63. The van der Waals surface area contributed by atoms with E-state index in [4.69, 9.17) is 11.2 Å². The molecule has 0 aliphatic carbocycles. The van der Waals surface area contributed by atoms with Gasteiger partial charge < -0.3 is 4.74 Å². The van der Waals surface area contributed by atoms with Crippen LogP contribution in [0.4, 0.5) is 0 Å². The molecular weight excluding hydrogens is 192 g/mol. The maximum Gasteiger partial charge on any atom is 0.270 e. The highest BCUT2D eigenvalue weighted by molar-refractivity contribution is 5.26. The van der Waals surface area contributed by atoms with Gasteiger partial charge in [0.25, 0.3) is 5.56 Å². The SMILES string of the molecule is C#Cc1cnn(C2CCCCO2)c(=O)c1. The number of hydrogen-bond acceptors (Lipinski definition) is 3. The lowest BCUT2D eigenvalue weighted by atomic mass is 10.2.